The van der Waals surface area contributed by atoms with Crippen molar-refractivity contribution in [3.8, 4) is 16.5 Å². The highest BCUT2D eigenvalue weighted by atomic mass is 32.1. The predicted molar refractivity (Wildman–Crippen MR) is 72.1 cm³/mol. The lowest BCUT2D eigenvalue weighted by Gasteiger charge is -2.08. The number of rotatable bonds is 4. The summed E-state index contributed by atoms with van der Waals surface area (Å²) in [5.41, 5.74) is 2.13. The molecule has 17 heavy (non-hydrogen) atoms. The van der Waals surface area contributed by atoms with E-state index in [4.69, 9.17) is 4.74 Å². The van der Waals surface area contributed by atoms with E-state index in [1.807, 2.05) is 17.5 Å². The number of ether oxygens (including phenoxy) is 1. The molecule has 0 aromatic carbocycles. The zero-order valence-corrected chi connectivity index (χ0v) is 10.3. The largest absolute Gasteiger partial charge is 0.479 e. The van der Waals surface area contributed by atoms with Gasteiger partial charge in [-0.3, -0.25) is 0 Å². The van der Waals surface area contributed by atoms with Crippen LogP contribution >= 0.6 is 11.3 Å². The van der Waals surface area contributed by atoms with E-state index < -0.39 is 0 Å². The first-order chi connectivity index (χ1) is 8.30. The monoisotopic (exact) mass is 244 g/mol. The lowest BCUT2D eigenvalue weighted by molar-refractivity contribution is 0.397. The first kappa shape index (κ1) is 11.5. The fourth-order valence-electron chi connectivity index (χ4n) is 1.46. The van der Waals surface area contributed by atoms with Gasteiger partial charge in [-0.15, -0.1) is 11.3 Å². The summed E-state index contributed by atoms with van der Waals surface area (Å²) in [6.07, 6.45) is 3.31. The van der Waals surface area contributed by atoms with Gasteiger partial charge in [0.15, 0.2) is 0 Å². The SMILES string of the molecule is C=Cc1nc(OC)c(-c2cccs2)nc1C=C. The van der Waals surface area contributed by atoms with Crippen molar-refractivity contribution in [2.45, 2.75) is 0 Å². The molecule has 0 atom stereocenters. The Morgan fingerprint density at radius 1 is 1.24 bits per heavy atom. The molecule has 0 amide bonds. The molecule has 0 N–H and O–H groups in total. The van der Waals surface area contributed by atoms with Gasteiger partial charge in [-0.25, -0.2) is 9.97 Å². The molecule has 0 spiro atoms. The Labute approximate surface area is 104 Å². The van der Waals surface area contributed by atoms with Crippen LogP contribution in [0.15, 0.2) is 30.7 Å². The number of hydrogen-bond acceptors (Lipinski definition) is 4. The third-order valence-corrected chi connectivity index (χ3v) is 3.13. The van der Waals surface area contributed by atoms with E-state index >= 15 is 0 Å². The van der Waals surface area contributed by atoms with E-state index in [2.05, 4.69) is 23.1 Å². The molecule has 3 nitrogen and oxygen atoms in total. The van der Waals surface area contributed by atoms with E-state index in [1.165, 1.54) is 0 Å². The minimum Gasteiger partial charge on any atom is -0.479 e. The fraction of sp³-hybridized carbons (Fsp3) is 0.0769. The summed E-state index contributed by atoms with van der Waals surface area (Å²) in [4.78, 5) is 9.90. The van der Waals surface area contributed by atoms with Crippen molar-refractivity contribution in [3.05, 3.63) is 42.1 Å². The van der Waals surface area contributed by atoms with Gasteiger partial charge in [-0.05, 0) is 23.6 Å². The summed E-state index contributed by atoms with van der Waals surface area (Å²) >= 11 is 1.60. The van der Waals surface area contributed by atoms with Crippen molar-refractivity contribution in [3.63, 3.8) is 0 Å². The minimum atomic E-state index is 0.507. The highest BCUT2D eigenvalue weighted by molar-refractivity contribution is 7.13. The standard InChI is InChI=1S/C13H12N2OS/c1-4-9-10(5-2)15-13(16-3)12(14-9)11-7-6-8-17-11/h4-8H,1-2H2,3H3. The van der Waals surface area contributed by atoms with Crippen LogP contribution in [0.1, 0.15) is 11.4 Å². The molecule has 0 saturated heterocycles. The van der Waals surface area contributed by atoms with Crippen LogP contribution in [0.4, 0.5) is 0 Å². The van der Waals surface area contributed by atoms with Gasteiger partial charge in [0.2, 0.25) is 5.88 Å². The van der Waals surface area contributed by atoms with E-state index in [0.717, 1.165) is 10.6 Å². The number of thiophene rings is 1. The van der Waals surface area contributed by atoms with Crippen LogP contribution in [0.2, 0.25) is 0 Å². The zero-order chi connectivity index (χ0) is 12.3. The van der Waals surface area contributed by atoms with Gasteiger partial charge >= 0.3 is 0 Å². The van der Waals surface area contributed by atoms with E-state index in [-0.39, 0.29) is 0 Å². The average molecular weight is 244 g/mol. The summed E-state index contributed by atoms with van der Waals surface area (Å²) in [7, 11) is 1.58. The van der Waals surface area contributed by atoms with Gasteiger partial charge in [0, 0.05) is 0 Å². The maximum atomic E-state index is 5.26. The molecule has 2 heterocycles. The van der Waals surface area contributed by atoms with Crippen LogP contribution in [0.25, 0.3) is 22.7 Å². The van der Waals surface area contributed by atoms with Crippen molar-refractivity contribution >= 4 is 23.5 Å². The molecule has 0 aliphatic carbocycles. The molecule has 2 rings (SSSR count). The third kappa shape index (κ3) is 2.12. The lowest BCUT2D eigenvalue weighted by Crippen LogP contribution is -1.99. The van der Waals surface area contributed by atoms with E-state index in [1.54, 1.807) is 30.6 Å². The summed E-state index contributed by atoms with van der Waals surface area (Å²) in [5, 5.41) is 1.99. The van der Waals surface area contributed by atoms with E-state index in [0.29, 0.717) is 17.3 Å². The van der Waals surface area contributed by atoms with Gasteiger partial charge in [-0.1, -0.05) is 19.2 Å². The summed E-state index contributed by atoms with van der Waals surface area (Å²) in [6, 6.07) is 3.95. The maximum Gasteiger partial charge on any atom is 0.241 e. The van der Waals surface area contributed by atoms with E-state index in [9.17, 15) is 0 Å². The van der Waals surface area contributed by atoms with Gasteiger partial charge in [0.25, 0.3) is 0 Å². The van der Waals surface area contributed by atoms with Crippen LogP contribution < -0.4 is 4.74 Å². The first-order valence-corrected chi connectivity index (χ1v) is 5.93. The van der Waals surface area contributed by atoms with Crippen LogP contribution in [-0.2, 0) is 0 Å². The highest BCUT2D eigenvalue weighted by Crippen LogP contribution is 2.31. The molecule has 0 bridgehead atoms. The number of hydrogen-bond donors (Lipinski definition) is 0. The van der Waals surface area contributed by atoms with Crippen LogP contribution in [0, 0.1) is 0 Å². The molecule has 86 valence electrons. The Balaban J connectivity index is 2.66. The van der Waals surface area contributed by atoms with Crippen LogP contribution in [-0.4, -0.2) is 17.1 Å². The number of aromatic nitrogens is 2. The Kier molecular flexibility index (Phi) is 3.35. The van der Waals surface area contributed by atoms with Gasteiger partial charge in [-0.2, -0.15) is 0 Å². The van der Waals surface area contributed by atoms with Crippen molar-refractivity contribution in [2.24, 2.45) is 0 Å². The molecular weight excluding hydrogens is 232 g/mol. The van der Waals surface area contributed by atoms with Gasteiger partial charge < -0.3 is 4.74 Å². The van der Waals surface area contributed by atoms with Crippen molar-refractivity contribution in [2.75, 3.05) is 7.11 Å². The molecule has 0 aliphatic heterocycles. The Hall–Kier alpha value is -1.94. The Morgan fingerprint density at radius 3 is 2.47 bits per heavy atom. The molecule has 0 fully saturated rings. The van der Waals surface area contributed by atoms with Crippen LogP contribution in [0.3, 0.4) is 0 Å². The lowest BCUT2D eigenvalue weighted by atomic mass is 10.2. The number of nitrogens with zero attached hydrogens (tertiary/aromatic N) is 2. The summed E-state index contributed by atoms with van der Waals surface area (Å²) < 4.78 is 5.26. The topological polar surface area (TPSA) is 35.0 Å². The summed E-state index contributed by atoms with van der Waals surface area (Å²) in [5.74, 6) is 0.507. The molecule has 2 aromatic rings. The minimum absolute atomic E-state index is 0.507. The maximum absolute atomic E-state index is 5.26. The molecule has 2 aromatic heterocycles. The van der Waals surface area contributed by atoms with Crippen molar-refractivity contribution < 1.29 is 4.74 Å². The quantitative estimate of drug-likeness (QED) is 0.825. The Morgan fingerprint density at radius 2 is 1.94 bits per heavy atom. The van der Waals surface area contributed by atoms with Crippen LogP contribution in [0.5, 0.6) is 5.88 Å². The van der Waals surface area contributed by atoms with Crippen molar-refractivity contribution in [1.29, 1.82) is 0 Å². The average Bonchev–Trinajstić information content (AvgIpc) is 2.90. The fourth-order valence-corrected chi connectivity index (χ4v) is 2.17. The summed E-state index contributed by atoms with van der Waals surface area (Å²) in [6.45, 7) is 7.43. The normalized spacial score (nSPS) is 9.94. The zero-order valence-electron chi connectivity index (χ0n) is 9.51. The molecular formula is C13H12N2OS. The smallest absolute Gasteiger partial charge is 0.241 e. The first-order valence-electron chi connectivity index (χ1n) is 5.05. The molecule has 0 aliphatic rings. The highest BCUT2D eigenvalue weighted by Gasteiger charge is 2.13. The second kappa shape index (κ2) is 4.93. The van der Waals surface area contributed by atoms with Gasteiger partial charge in [0.1, 0.15) is 5.69 Å². The number of methoxy groups -OCH3 is 1. The molecule has 4 heteroatoms. The predicted octanol–water partition coefficient (Wildman–Crippen LogP) is 3.50. The van der Waals surface area contributed by atoms with Crippen molar-refractivity contribution in [1.82, 2.24) is 9.97 Å². The van der Waals surface area contributed by atoms with Gasteiger partial charge in [0.05, 0.1) is 23.4 Å². The molecule has 0 radical (unpaired) electrons. The second-order valence-corrected chi connectivity index (χ2v) is 4.19. The Bertz CT molecular complexity index is 547. The third-order valence-electron chi connectivity index (χ3n) is 2.25. The molecule has 0 saturated carbocycles. The molecule has 0 unspecified atom stereocenters. The second-order valence-electron chi connectivity index (χ2n) is 3.24.